The Balaban J connectivity index is 2.63. The Morgan fingerprint density at radius 1 is 1.07 bits per heavy atom. The molecular weight excluding hydrogens is 340 g/mol. The molecule has 0 aromatic heterocycles. The van der Waals surface area contributed by atoms with E-state index in [1.54, 1.807) is 0 Å². The molecule has 0 aromatic rings. The van der Waals surface area contributed by atoms with Gasteiger partial charge in [0.25, 0.3) is 0 Å². The Labute approximate surface area is 166 Å². The van der Waals surface area contributed by atoms with Crippen LogP contribution in [0.15, 0.2) is 24.3 Å². The number of ether oxygens (including phenoxy) is 1. The van der Waals surface area contributed by atoms with E-state index in [0.717, 1.165) is 57.8 Å². The van der Waals surface area contributed by atoms with E-state index in [9.17, 15) is 10.2 Å². The quantitative estimate of drug-likeness (QED) is 0.290. The number of rotatable bonds is 15. The molecule has 0 aliphatic heterocycles. The van der Waals surface area contributed by atoms with Crippen LogP contribution in [-0.4, -0.2) is 46.8 Å². The average molecular weight is 383 g/mol. The third-order valence-corrected chi connectivity index (χ3v) is 5.44. The zero-order valence-corrected chi connectivity index (χ0v) is 17.4. The molecule has 0 saturated heterocycles. The van der Waals surface area contributed by atoms with Gasteiger partial charge in [-0.05, 0) is 44.4 Å². The summed E-state index contributed by atoms with van der Waals surface area (Å²) < 4.78 is 6.01. The van der Waals surface area contributed by atoms with Gasteiger partial charge in [-0.1, -0.05) is 57.4 Å². The molecule has 0 amide bonds. The second-order valence-corrected chi connectivity index (χ2v) is 7.83. The number of unbranched alkanes of at least 4 members (excludes halogenated alkanes) is 4. The summed E-state index contributed by atoms with van der Waals surface area (Å²) in [6.45, 7) is 5.23. The standard InChI is InChI=1S/C23H42O4/c1-3-5-9-12-19(25)14-15-21-20(13-10-7-6-8-11-16-24)22(26)18-23(21)27-17-4-2/h7,10,14-15,19-26H,3-6,8-9,11-13,16-18H2,1-2H3. The zero-order chi connectivity index (χ0) is 19.9. The summed E-state index contributed by atoms with van der Waals surface area (Å²) in [7, 11) is 0. The summed E-state index contributed by atoms with van der Waals surface area (Å²) in [4.78, 5) is 0. The fraction of sp³-hybridized carbons (Fsp3) is 0.826. The third kappa shape index (κ3) is 9.89. The summed E-state index contributed by atoms with van der Waals surface area (Å²) in [6, 6.07) is 0. The largest absolute Gasteiger partial charge is 0.396 e. The number of allylic oxidation sites excluding steroid dienone is 2. The third-order valence-electron chi connectivity index (χ3n) is 5.44. The van der Waals surface area contributed by atoms with Crippen molar-refractivity contribution in [1.82, 2.24) is 0 Å². The predicted octanol–water partition coefficient (Wildman–Crippen LogP) is 4.38. The Morgan fingerprint density at radius 2 is 1.89 bits per heavy atom. The lowest BCUT2D eigenvalue weighted by molar-refractivity contribution is 0.0317. The Morgan fingerprint density at radius 3 is 2.59 bits per heavy atom. The molecule has 5 unspecified atom stereocenters. The van der Waals surface area contributed by atoms with Crippen molar-refractivity contribution in [2.45, 2.75) is 96.4 Å². The molecule has 3 N–H and O–H groups in total. The molecule has 5 atom stereocenters. The van der Waals surface area contributed by atoms with Crippen LogP contribution in [-0.2, 0) is 4.74 Å². The first kappa shape index (κ1) is 24.4. The molecule has 1 aliphatic rings. The molecule has 4 heteroatoms. The number of aliphatic hydroxyl groups excluding tert-OH is 3. The van der Waals surface area contributed by atoms with Gasteiger partial charge in [0.05, 0.1) is 18.3 Å². The lowest BCUT2D eigenvalue weighted by Crippen LogP contribution is -2.22. The van der Waals surface area contributed by atoms with Crippen molar-refractivity contribution in [3.8, 4) is 0 Å². The van der Waals surface area contributed by atoms with Gasteiger partial charge in [0.15, 0.2) is 0 Å². The van der Waals surface area contributed by atoms with E-state index in [1.807, 2.05) is 6.08 Å². The van der Waals surface area contributed by atoms with Crippen LogP contribution in [0.25, 0.3) is 0 Å². The fourth-order valence-electron chi connectivity index (χ4n) is 3.83. The molecular formula is C23H42O4. The van der Waals surface area contributed by atoms with E-state index in [2.05, 4.69) is 32.1 Å². The van der Waals surface area contributed by atoms with Gasteiger partial charge in [-0.3, -0.25) is 0 Å². The topological polar surface area (TPSA) is 69.9 Å². The first-order valence-corrected chi connectivity index (χ1v) is 11.1. The molecule has 1 saturated carbocycles. The molecule has 1 aliphatic carbocycles. The highest BCUT2D eigenvalue weighted by molar-refractivity contribution is 5.06. The van der Waals surface area contributed by atoms with Crippen molar-refractivity contribution in [2.24, 2.45) is 11.8 Å². The summed E-state index contributed by atoms with van der Waals surface area (Å²) in [5.41, 5.74) is 0. The first-order chi connectivity index (χ1) is 13.1. The highest BCUT2D eigenvalue weighted by atomic mass is 16.5. The van der Waals surface area contributed by atoms with Crippen LogP contribution in [0, 0.1) is 11.8 Å². The van der Waals surface area contributed by atoms with Crippen molar-refractivity contribution >= 4 is 0 Å². The summed E-state index contributed by atoms with van der Waals surface area (Å²) in [6.07, 6.45) is 17.0. The lowest BCUT2D eigenvalue weighted by Gasteiger charge is -2.22. The monoisotopic (exact) mass is 382 g/mol. The highest BCUT2D eigenvalue weighted by Crippen LogP contribution is 2.38. The van der Waals surface area contributed by atoms with Gasteiger partial charge in [0, 0.05) is 25.6 Å². The van der Waals surface area contributed by atoms with Gasteiger partial charge in [0.2, 0.25) is 0 Å². The van der Waals surface area contributed by atoms with Crippen LogP contribution in [0.4, 0.5) is 0 Å². The minimum absolute atomic E-state index is 0.0341. The van der Waals surface area contributed by atoms with Crippen LogP contribution >= 0.6 is 0 Å². The van der Waals surface area contributed by atoms with Gasteiger partial charge >= 0.3 is 0 Å². The van der Waals surface area contributed by atoms with Gasteiger partial charge in [0.1, 0.15) is 0 Å². The highest BCUT2D eigenvalue weighted by Gasteiger charge is 2.40. The molecule has 4 nitrogen and oxygen atoms in total. The van der Waals surface area contributed by atoms with E-state index in [-0.39, 0.29) is 30.7 Å². The minimum Gasteiger partial charge on any atom is -0.396 e. The van der Waals surface area contributed by atoms with E-state index in [4.69, 9.17) is 9.84 Å². The van der Waals surface area contributed by atoms with Crippen molar-refractivity contribution in [3.05, 3.63) is 24.3 Å². The van der Waals surface area contributed by atoms with Crippen molar-refractivity contribution in [2.75, 3.05) is 13.2 Å². The number of hydrogen-bond donors (Lipinski definition) is 3. The molecule has 0 spiro atoms. The fourth-order valence-corrected chi connectivity index (χ4v) is 3.83. The molecule has 158 valence electrons. The van der Waals surface area contributed by atoms with E-state index in [0.29, 0.717) is 13.0 Å². The maximum Gasteiger partial charge on any atom is 0.0721 e. The summed E-state index contributed by atoms with van der Waals surface area (Å²) in [5.74, 6) is 0.287. The maximum atomic E-state index is 10.6. The summed E-state index contributed by atoms with van der Waals surface area (Å²) in [5, 5.41) is 29.6. The zero-order valence-electron chi connectivity index (χ0n) is 17.4. The Hall–Kier alpha value is -0.680. The minimum atomic E-state index is -0.407. The van der Waals surface area contributed by atoms with Crippen LogP contribution in [0.5, 0.6) is 0 Å². The van der Waals surface area contributed by atoms with Gasteiger partial charge < -0.3 is 20.1 Å². The molecule has 27 heavy (non-hydrogen) atoms. The van der Waals surface area contributed by atoms with Crippen LogP contribution in [0.3, 0.4) is 0 Å². The molecule has 0 radical (unpaired) electrons. The molecule has 1 rings (SSSR count). The second kappa shape index (κ2) is 15.3. The molecule has 1 fully saturated rings. The SMILES string of the molecule is CCCCCC(O)C=CC1C(OCCC)CC(O)C1CC=CCCCCO. The molecule has 0 bridgehead atoms. The number of aliphatic hydroxyl groups is 3. The van der Waals surface area contributed by atoms with Crippen LogP contribution in [0.2, 0.25) is 0 Å². The van der Waals surface area contributed by atoms with Gasteiger partial charge in [-0.15, -0.1) is 0 Å². The van der Waals surface area contributed by atoms with Crippen molar-refractivity contribution in [3.63, 3.8) is 0 Å². The van der Waals surface area contributed by atoms with E-state index < -0.39 is 6.10 Å². The van der Waals surface area contributed by atoms with Gasteiger partial charge in [-0.2, -0.15) is 0 Å². The normalized spacial score (nSPS) is 27.1. The van der Waals surface area contributed by atoms with Gasteiger partial charge in [-0.25, -0.2) is 0 Å². The van der Waals surface area contributed by atoms with E-state index in [1.165, 1.54) is 0 Å². The number of hydrogen-bond acceptors (Lipinski definition) is 4. The maximum absolute atomic E-state index is 10.6. The first-order valence-electron chi connectivity index (χ1n) is 11.1. The average Bonchev–Trinajstić information content (AvgIpc) is 2.96. The summed E-state index contributed by atoms with van der Waals surface area (Å²) >= 11 is 0. The van der Waals surface area contributed by atoms with Crippen molar-refractivity contribution < 1.29 is 20.1 Å². The van der Waals surface area contributed by atoms with Crippen molar-refractivity contribution in [1.29, 1.82) is 0 Å². The second-order valence-electron chi connectivity index (χ2n) is 7.83. The van der Waals surface area contributed by atoms with E-state index >= 15 is 0 Å². The van der Waals surface area contributed by atoms with Crippen LogP contribution < -0.4 is 0 Å². The Kier molecular flexibility index (Phi) is 13.8. The molecule has 0 heterocycles. The Bertz CT molecular complexity index is 407. The molecule has 0 aromatic carbocycles. The van der Waals surface area contributed by atoms with Crippen LogP contribution in [0.1, 0.15) is 78.1 Å². The lowest BCUT2D eigenvalue weighted by atomic mass is 9.89. The smallest absolute Gasteiger partial charge is 0.0721 e. The predicted molar refractivity (Wildman–Crippen MR) is 112 cm³/mol.